The Bertz CT molecular complexity index is 593. The van der Waals surface area contributed by atoms with Crippen LogP contribution in [0.4, 0.5) is 5.69 Å². The van der Waals surface area contributed by atoms with Crippen LogP contribution in [-0.4, -0.2) is 5.91 Å². The van der Waals surface area contributed by atoms with E-state index in [4.69, 9.17) is 11.6 Å². The highest BCUT2D eigenvalue weighted by Crippen LogP contribution is 2.23. The van der Waals surface area contributed by atoms with Gasteiger partial charge < -0.3 is 5.32 Å². The van der Waals surface area contributed by atoms with Crippen LogP contribution in [-0.2, 0) is 0 Å². The Balaban J connectivity index is 2.27. The molecule has 0 atom stereocenters. The number of aryl methyl sites for hydroxylation is 2. The molecule has 0 bridgehead atoms. The van der Waals surface area contributed by atoms with Gasteiger partial charge in [0, 0.05) is 5.56 Å². The van der Waals surface area contributed by atoms with Gasteiger partial charge in [-0.05, 0) is 43.2 Å². The Hall–Kier alpha value is -1.80. The maximum Gasteiger partial charge on any atom is 0.255 e. The second-order valence-corrected chi connectivity index (χ2v) is 4.66. The summed E-state index contributed by atoms with van der Waals surface area (Å²) in [7, 11) is 0. The Labute approximate surface area is 112 Å². The summed E-state index contributed by atoms with van der Waals surface area (Å²) in [4.78, 5) is 12.1. The summed E-state index contributed by atoms with van der Waals surface area (Å²) in [5, 5.41) is 3.38. The van der Waals surface area contributed by atoms with Gasteiger partial charge in [0.15, 0.2) is 0 Å². The highest BCUT2D eigenvalue weighted by atomic mass is 35.5. The van der Waals surface area contributed by atoms with Crippen molar-refractivity contribution in [3.05, 3.63) is 64.2 Å². The normalized spacial score (nSPS) is 10.2. The molecule has 0 saturated carbocycles. The summed E-state index contributed by atoms with van der Waals surface area (Å²) in [6, 6.07) is 13.0. The molecule has 1 N–H and O–H groups in total. The largest absolute Gasteiger partial charge is 0.321 e. The van der Waals surface area contributed by atoms with Crippen molar-refractivity contribution in [2.45, 2.75) is 13.8 Å². The molecule has 0 aliphatic heterocycles. The fourth-order valence-corrected chi connectivity index (χ4v) is 1.92. The van der Waals surface area contributed by atoms with E-state index >= 15 is 0 Å². The maximum atomic E-state index is 12.1. The smallest absolute Gasteiger partial charge is 0.255 e. The fraction of sp³-hybridized carbons (Fsp3) is 0.133. The molecule has 0 aromatic heterocycles. The number of rotatable bonds is 2. The standard InChI is InChI=1S/C15H14ClNO/c1-10-7-8-13(16)14(9-10)17-15(18)12-6-4-3-5-11(12)2/h3-9H,1-2H3,(H,17,18). The van der Waals surface area contributed by atoms with Crippen LogP contribution in [0.5, 0.6) is 0 Å². The van der Waals surface area contributed by atoms with Crippen LogP contribution in [0.25, 0.3) is 0 Å². The van der Waals surface area contributed by atoms with Gasteiger partial charge in [-0.3, -0.25) is 4.79 Å². The van der Waals surface area contributed by atoms with E-state index in [0.29, 0.717) is 16.3 Å². The first kappa shape index (κ1) is 12.7. The highest BCUT2D eigenvalue weighted by molar-refractivity contribution is 6.34. The third-order valence-electron chi connectivity index (χ3n) is 2.76. The van der Waals surface area contributed by atoms with E-state index in [1.54, 1.807) is 12.1 Å². The number of amides is 1. The molecule has 0 radical (unpaired) electrons. The third-order valence-corrected chi connectivity index (χ3v) is 3.09. The van der Waals surface area contributed by atoms with Gasteiger partial charge in [0.05, 0.1) is 10.7 Å². The van der Waals surface area contributed by atoms with Crippen molar-refractivity contribution >= 4 is 23.2 Å². The number of anilines is 1. The van der Waals surface area contributed by atoms with Gasteiger partial charge in [0.1, 0.15) is 0 Å². The molecule has 2 aromatic carbocycles. The molecule has 0 aliphatic carbocycles. The molecule has 0 aliphatic rings. The summed E-state index contributed by atoms with van der Waals surface area (Å²) in [5.74, 6) is -0.138. The first-order valence-corrected chi connectivity index (χ1v) is 6.09. The molecule has 2 aromatic rings. The number of benzene rings is 2. The molecule has 0 fully saturated rings. The number of carbonyl (C=O) groups excluding carboxylic acids is 1. The van der Waals surface area contributed by atoms with Crippen LogP contribution in [0.3, 0.4) is 0 Å². The first-order chi connectivity index (χ1) is 8.58. The summed E-state index contributed by atoms with van der Waals surface area (Å²) < 4.78 is 0. The summed E-state index contributed by atoms with van der Waals surface area (Å²) in [6.07, 6.45) is 0. The fourth-order valence-electron chi connectivity index (χ4n) is 1.75. The molecule has 0 unspecified atom stereocenters. The minimum absolute atomic E-state index is 0.138. The average Bonchev–Trinajstić information content (AvgIpc) is 2.34. The van der Waals surface area contributed by atoms with Gasteiger partial charge in [0.25, 0.3) is 5.91 Å². The number of nitrogens with one attached hydrogen (secondary N) is 1. The molecular weight excluding hydrogens is 246 g/mol. The topological polar surface area (TPSA) is 29.1 Å². The van der Waals surface area contributed by atoms with Crippen LogP contribution in [0.2, 0.25) is 5.02 Å². The highest BCUT2D eigenvalue weighted by Gasteiger charge is 2.10. The molecule has 2 nitrogen and oxygen atoms in total. The monoisotopic (exact) mass is 259 g/mol. The SMILES string of the molecule is Cc1ccc(Cl)c(NC(=O)c2ccccc2C)c1. The quantitative estimate of drug-likeness (QED) is 0.860. The molecule has 18 heavy (non-hydrogen) atoms. The molecule has 0 heterocycles. The summed E-state index contributed by atoms with van der Waals surface area (Å²) >= 11 is 6.05. The van der Waals surface area contributed by atoms with E-state index in [9.17, 15) is 4.79 Å². The molecule has 2 rings (SSSR count). The third kappa shape index (κ3) is 2.71. The Kier molecular flexibility index (Phi) is 3.68. The first-order valence-electron chi connectivity index (χ1n) is 5.71. The van der Waals surface area contributed by atoms with Crippen LogP contribution in [0.15, 0.2) is 42.5 Å². The van der Waals surface area contributed by atoms with Gasteiger partial charge in [-0.1, -0.05) is 35.9 Å². The van der Waals surface area contributed by atoms with Crippen molar-refractivity contribution in [1.29, 1.82) is 0 Å². The van der Waals surface area contributed by atoms with Crippen molar-refractivity contribution in [3.8, 4) is 0 Å². The minimum Gasteiger partial charge on any atom is -0.321 e. The Morgan fingerprint density at radius 3 is 2.56 bits per heavy atom. The molecule has 0 saturated heterocycles. The van der Waals surface area contributed by atoms with Crippen molar-refractivity contribution in [2.24, 2.45) is 0 Å². The second kappa shape index (κ2) is 5.23. The van der Waals surface area contributed by atoms with Gasteiger partial charge in [0.2, 0.25) is 0 Å². The lowest BCUT2D eigenvalue weighted by molar-refractivity contribution is 0.102. The number of carbonyl (C=O) groups is 1. The van der Waals surface area contributed by atoms with Crippen molar-refractivity contribution in [3.63, 3.8) is 0 Å². The van der Waals surface area contributed by atoms with Gasteiger partial charge >= 0.3 is 0 Å². The van der Waals surface area contributed by atoms with Crippen LogP contribution >= 0.6 is 11.6 Å². The zero-order chi connectivity index (χ0) is 13.1. The number of halogens is 1. The lowest BCUT2D eigenvalue weighted by atomic mass is 10.1. The van der Waals surface area contributed by atoms with Gasteiger partial charge in [-0.15, -0.1) is 0 Å². The Morgan fingerprint density at radius 1 is 1.11 bits per heavy atom. The van der Waals surface area contributed by atoms with E-state index < -0.39 is 0 Å². The predicted molar refractivity (Wildman–Crippen MR) is 75.3 cm³/mol. The van der Waals surface area contributed by atoms with Crippen molar-refractivity contribution < 1.29 is 4.79 Å². The second-order valence-electron chi connectivity index (χ2n) is 4.25. The van der Waals surface area contributed by atoms with Crippen LogP contribution < -0.4 is 5.32 Å². The summed E-state index contributed by atoms with van der Waals surface area (Å²) in [5.41, 5.74) is 3.30. The lowest BCUT2D eigenvalue weighted by Crippen LogP contribution is -2.13. The van der Waals surface area contributed by atoms with Gasteiger partial charge in [-0.2, -0.15) is 0 Å². The molecular formula is C15H14ClNO. The molecule has 92 valence electrons. The van der Waals surface area contributed by atoms with Crippen molar-refractivity contribution in [1.82, 2.24) is 0 Å². The molecule has 0 spiro atoms. The van der Waals surface area contributed by atoms with E-state index in [2.05, 4.69) is 5.32 Å². The maximum absolute atomic E-state index is 12.1. The van der Waals surface area contributed by atoms with Crippen molar-refractivity contribution in [2.75, 3.05) is 5.32 Å². The van der Waals surface area contributed by atoms with Crippen LogP contribution in [0.1, 0.15) is 21.5 Å². The number of hydrogen-bond acceptors (Lipinski definition) is 1. The van der Waals surface area contributed by atoms with E-state index in [-0.39, 0.29) is 5.91 Å². The lowest BCUT2D eigenvalue weighted by Gasteiger charge is -2.09. The zero-order valence-electron chi connectivity index (χ0n) is 10.3. The molecule has 3 heteroatoms. The average molecular weight is 260 g/mol. The molecule has 1 amide bonds. The van der Waals surface area contributed by atoms with E-state index in [1.165, 1.54) is 0 Å². The van der Waals surface area contributed by atoms with Crippen LogP contribution in [0, 0.1) is 13.8 Å². The number of hydrogen-bond donors (Lipinski definition) is 1. The van der Waals surface area contributed by atoms with E-state index in [1.807, 2.05) is 44.2 Å². The minimum atomic E-state index is -0.138. The zero-order valence-corrected chi connectivity index (χ0v) is 11.1. The Morgan fingerprint density at radius 2 is 1.83 bits per heavy atom. The predicted octanol–water partition coefficient (Wildman–Crippen LogP) is 4.21. The van der Waals surface area contributed by atoms with E-state index in [0.717, 1.165) is 11.1 Å². The van der Waals surface area contributed by atoms with Gasteiger partial charge in [-0.25, -0.2) is 0 Å². The summed E-state index contributed by atoms with van der Waals surface area (Å²) in [6.45, 7) is 3.87.